The van der Waals surface area contributed by atoms with Gasteiger partial charge in [-0.05, 0) is 37.5 Å². The summed E-state index contributed by atoms with van der Waals surface area (Å²) in [5.41, 5.74) is 3.01. The second-order valence-electron chi connectivity index (χ2n) is 8.13. The Labute approximate surface area is 189 Å². The molecule has 1 saturated heterocycles. The van der Waals surface area contributed by atoms with E-state index in [2.05, 4.69) is 4.90 Å². The summed E-state index contributed by atoms with van der Waals surface area (Å²) in [5.74, 6) is 2.32. The molecular weight excluding hydrogens is 436 g/mol. The standard InChI is InChI=1S/C22H29ClN4O3S/c1-3-31(28,29)27-11-9-26(10-12-27)22-19(14-16-5-4-6-18(23)13-16)20(15-30-2)24-21(25-22)17-7-8-17/h4-6,13,17H,3,7-12,14-15H2,1-2H3. The summed E-state index contributed by atoms with van der Waals surface area (Å²) >= 11 is 6.22. The van der Waals surface area contributed by atoms with Crippen LogP contribution in [-0.2, 0) is 27.8 Å². The third kappa shape index (κ3) is 5.19. The third-order valence-electron chi connectivity index (χ3n) is 5.88. The molecule has 7 nitrogen and oxygen atoms in total. The smallest absolute Gasteiger partial charge is 0.213 e. The van der Waals surface area contributed by atoms with E-state index in [0.29, 0.717) is 50.1 Å². The molecule has 168 valence electrons. The van der Waals surface area contributed by atoms with E-state index in [1.165, 1.54) is 0 Å². The minimum Gasteiger partial charge on any atom is -0.378 e. The van der Waals surface area contributed by atoms with Gasteiger partial charge in [0.1, 0.15) is 11.6 Å². The van der Waals surface area contributed by atoms with Crippen LogP contribution in [0.1, 0.15) is 48.3 Å². The van der Waals surface area contributed by atoms with E-state index >= 15 is 0 Å². The first kappa shape index (κ1) is 22.5. The van der Waals surface area contributed by atoms with E-state index < -0.39 is 10.0 Å². The van der Waals surface area contributed by atoms with Crippen LogP contribution in [0.3, 0.4) is 0 Å². The number of rotatable bonds is 8. The van der Waals surface area contributed by atoms with Crippen molar-refractivity contribution in [1.82, 2.24) is 14.3 Å². The van der Waals surface area contributed by atoms with Crippen molar-refractivity contribution in [2.45, 2.75) is 38.7 Å². The maximum atomic E-state index is 12.3. The Morgan fingerprint density at radius 1 is 1.16 bits per heavy atom. The Hall–Kier alpha value is -1.74. The van der Waals surface area contributed by atoms with Crippen LogP contribution in [0.15, 0.2) is 24.3 Å². The highest BCUT2D eigenvalue weighted by Gasteiger charge is 2.32. The van der Waals surface area contributed by atoms with Crippen molar-refractivity contribution in [3.8, 4) is 0 Å². The summed E-state index contributed by atoms with van der Waals surface area (Å²) in [6.07, 6.45) is 2.87. The fourth-order valence-electron chi connectivity index (χ4n) is 3.97. The number of hydrogen-bond acceptors (Lipinski definition) is 6. The molecule has 0 atom stereocenters. The Morgan fingerprint density at radius 3 is 2.52 bits per heavy atom. The van der Waals surface area contributed by atoms with E-state index in [1.807, 2.05) is 24.3 Å². The predicted molar refractivity (Wildman–Crippen MR) is 122 cm³/mol. The fraction of sp³-hybridized carbons (Fsp3) is 0.545. The molecule has 2 aliphatic rings. The molecule has 0 N–H and O–H groups in total. The molecule has 0 amide bonds. The highest BCUT2D eigenvalue weighted by Crippen LogP contribution is 2.40. The summed E-state index contributed by atoms with van der Waals surface area (Å²) < 4.78 is 31.6. The van der Waals surface area contributed by atoms with E-state index in [9.17, 15) is 8.42 Å². The van der Waals surface area contributed by atoms with Gasteiger partial charge in [0.05, 0.1) is 18.1 Å². The highest BCUT2D eigenvalue weighted by molar-refractivity contribution is 7.89. The van der Waals surface area contributed by atoms with Gasteiger partial charge in [-0.1, -0.05) is 23.7 Å². The summed E-state index contributed by atoms with van der Waals surface area (Å²) in [5, 5.41) is 0.696. The van der Waals surface area contributed by atoms with Crippen LogP contribution in [-0.4, -0.2) is 61.7 Å². The van der Waals surface area contributed by atoms with Crippen LogP contribution in [0.2, 0.25) is 5.02 Å². The zero-order chi connectivity index (χ0) is 22.0. The Morgan fingerprint density at radius 2 is 1.90 bits per heavy atom. The van der Waals surface area contributed by atoms with Gasteiger partial charge in [-0.3, -0.25) is 0 Å². The van der Waals surface area contributed by atoms with Crippen molar-refractivity contribution in [3.63, 3.8) is 0 Å². The lowest BCUT2D eigenvalue weighted by Gasteiger charge is -2.36. The normalized spacial score (nSPS) is 17.8. The van der Waals surface area contributed by atoms with Crippen LogP contribution in [0.4, 0.5) is 5.82 Å². The molecule has 31 heavy (non-hydrogen) atoms. The predicted octanol–water partition coefficient (Wildman–Crippen LogP) is 3.22. The second kappa shape index (κ2) is 9.40. The molecule has 1 saturated carbocycles. The van der Waals surface area contributed by atoms with Crippen LogP contribution in [0, 0.1) is 0 Å². The van der Waals surface area contributed by atoms with Crippen LogP contribution in [0.5, 0.6) is 0 Å². The van der Waals surface area contributed by atoms with Crippen molar-refractivity contribution in [2.24, 2.45) is 0 Å². The summed E-state index contributed by atoms with van der Waals surface area (Å²) in [7, 11) is -1.50. The first-order valence-corrected chi connectivity index (χ1v) is 12.8. The number of hydrogen-bond donors (Lipinski definition) is 0. The monoisotopic (exact) mass is 464 g/mol. The lowest BCUT2D eigenvalue weighted by Crippen LogP contribution is -2.49. The number of aromatic nitrogens is 2. The molecule has 1 aromatic heterocycles. The Kier molecular flexibility index (Phi) is 6.81. The van der Waals surface area contributed by atoms with E-state index in [-0.39, 0.29) is 5.75 Å². The van der Waals surface area contributed by atoms with E-state index in [4.69, 9.17) is 26.3 Å². The zero-order valence-electron chi connectivity index (χ0n) is 18.1. The lowest BCUT2D eigenvalue weighted by atomic mass is 10.0. The zero-order valence-corrected chi connectivity index (χ0v) is 19.6. The van der Waals surface area contributed by atoms with Crippen LogP contribution < -0.4 is 4.90 Å². The Bertz CT molecular complexity index is 1040. The van der Waals surface area contributed by atoms with Crippen molar-refractivity contribution >= 4 is 27.4 Å². The van der Waals surface area contributed by atoms with Crippen LogP contribution >= 0.6 is 11.6 Å². The molecule has 9 heteroatoms. The molecule has 1 aliphatic heterocycles. The number of ether oxygens (including phenoxy) is 1. The minimum atomic E-state index is -3.18. The molecule has 0 unspecified atom stereocenters. The van der Waals surface area contributed by atoms with Crippen molar-refractivity contribution < 1.29 is 13.2 Å². The van der Waals surface area contributed by atoms with Gasteiger partial charge < -0.3 is 9.64 Å². The van der Waals surface area contributed by atoms with Crippen LogP contribution in [0.25, 0.3) is 0 Å². The minimum absolute atomic E-state index is 0.129. The number of halogens is 1. The van der Waals surface area contributed by atoms with Gasteiger partial charge in [0.25, 0.3) is 0 Å². The van der Waals surface area contributed by atoms with Gasteiger partial charge in [0, 0.05) is 56.2 Å². The third-order valence-corrected chi connectivity index (χ3v) is 7.99. The van der Waals surface area contributed by atoms with Gasteiger partial charge in [0.2, 0.25) is 10.0 Å². The molecule has 0 radical (unpaired) electrons. The Balaban J connectivity index is 1.69. The average molecular weight is 465 g/mol. The quantitative estimate of drug-likeness (QED) is 0.597. The maximum Gasteiger partial charge on any atom is 0.213 e. The number of methoxy groups -OCH3 is 1. The number of piperazine rings is 1. The van der Waals surface area contributed by atoms with Gasteiger partial charge in [-0.2, -0.15) is 4.31 Å². The van der Waals surface area contributed by atoms with Crippen molar-refractivity contribution in [3.05, 3.63) is 51.9 Å². The molecule has 0 spiro atoms. The molecule has 2 aromatic rings. The van der Waals surface area contributed by atoms with Crippen molar-refractivity contribution in [1.29, 1.82) is 0 Å². The summed E-state index contributed by atoms with van der Waals surface area (Å²) in [6.45, 7) is 4.25. The molecule has 1 aliphatic carbocycles. The number of nitrogens with zero attached hydrogens (tertiary/aromatic N) is 4. The SMILES string of the molecule is CCS(=O)(=O)N1CCN(c2nc(C3CC3)nc(COC)c2Cc2cccc(Cl)c2)CC1. The first-order chi connectivity index (χ1) is 14.9. The maximum absolute atomic E-state index is 12.3. The molecule has 2 heterocycles. The van der Waals surface area contributed by atoms with Gasteiger partial charge in [0.15, 0.2) is 0 Å². The summed E-state index contributed by atoms with van der Waals surface area (Å²) in [4.78, 5) is 12.1. The largest absolute Gasteiger partial charge is 0.378 e. The molecule has 4 rings (SSSR count). The van der Waals surface area contributed by atoms with Crippen molar-refractivity contribution in [2.75, 3.05) is 43.9 Å². The highest BCUT2D eigenvalue weighted by atomic mass is 35.5. The van der Waals surface area contributed by atoms with Gasteiger partial charge in [-0.15, -0.1) is 0 Å². The molecule has 0 bridgehead atoms. The topological polar surface area (TPSA) is 75.6 Å². The second-order valence-corrected chi connectivity index (χ2v) is 10.8. The van der Waals surface area contributed by atoms with Gasteiger partial charge in [-0.25, -0.2) is 18.4 Å². The van der Waals surface area contributed by atoms with E-state index in [1.54, 1.807) is 18.3 Å². The van der Waals surface area contributed by atoms with Gasteiger partial charge >= 0.3 is 0 Å². The average Bonchev–Trinajstić information content (AvgIpc) is 3.60. The summed E-state index contributed by atoms with van der Waals surface area (Å²) in [6, 6.07) is 7.82. The number of benzene rings is 1. The molecule has 2 fully saturated rings. The first-order valence-electron chi connectivity index (χ1n) is 10.8. The molecule has 1 aromatic carbocycles. The number of sulfonamides is 1. The van der Waals surface area contributed by atoms with E-state index in [0.717, 1.165) is 41.3 Å². The fourth-order valence-corrected chi connectivity index (χ4v) is 5.27. The molecular formula is C22H29ClN4O3S. The number of anilines is 1. The lowest BCUT2D eigenvalue weighted by molar-refractivity contribution is 0.180.